The lowest BCUT2D eigenvalue weighted by Gasteiger charge is -2.34. The largest absolute Gasteiger partial charge is 0.496 e. The summed E-state index contributed by atoms with van der Waals surface area (Å²) >= 11 is 0. The normalized spacial score (nSPS) is 18.4. The van der Waals surface area contributed by atoms with Gasteiger partial charge >= 0.3 is 0 Å². The fraction of sp³-hybridized carbons (Fsp3) is 0.350. The lowest BCUT2D eigenvalue weighted by Crippen LogP contribution is -2.41. The third-order valence-electron chi connectivity index (χ3n) is 4.90. The van der Waals surface area contributed by atoms with Crippen molar-refractivity contribution in [2.24, 2.45) is 0 Å². The van der Waals surface area contributed by atoms with Crippen LogP contribution in [0.2, 0.25) is 0 Å². The van der Waals surface area contributed by atoms with Gasteiger partial charge in [-0.3, -0.25) is 10.00 Å². The van der Waals surface area contributed by atoms with Crippen molar-refractivity contribution in [2.45, 2.75) is 25.4 Å². The zero-order valence-electron chi connectivity index (χ0n) is 14.5. The standard InChI is InChI=1S/C20H24N4O/c1-25-20-7-3-2-5-15(20)13-24-10-4-6-18(14-24)22-17-8-9-19-16(11-17)12-21-23-19/h2-3,5,7-9,11-12,18,22H,4,6,10,13-14H2,1H3,(H,21,23). The summed E-state index contributed by atoms with van der Waals surface area (Å²) in [7, 11) is 1.74. The zero-order valence-corrected chi connectivity index (χ0v) is 14.5. The minimum atomic E-state index is 0.466. The van der Waals surface area contributed by atoms with Crippen LogP contribution in [0, 0.1) is 0 Å². The molecular weight excluding hydrogens is 312 g/mol. The lowest BCUT2D eigenvalue weighted by atomic mass is 10.0. The van der Waals surface area contributed by atoms with E-state index in [0.29, 0.717) is 6.04 Å². The zero-order chi connectivity index (χ0) is 17.1. The van der Waals surface area contributed by atoms with Crippen LogP contribution in [-0.2, 0) is 6.54 Å². The smallest absolute Gasteiger partial charge is 0.123 e. The highest BCUT2D eigenvalue weighted by Gasteiger charge is 2.20. The summed E-state index contributed by atoms with van der Waals surface area (Å²) in [5, 5.41) is 11.9. The molecule has 5 nitrogen and oxygen atoms in total. The van der Waals surface area contributed by atoms with Gasteiger partial charge in [-0.2, -0.15) is 5.10 Å². The van der Waals surface area contributed by atoms with Crippen molar-refractivity contribution in [1.29, 1.82) is 0 Å². The predicted molar refractivity (Wildman–Crippen MR) is 101 cm³/mol. The molecule has 1 unspecified atom stereocenters. The van der Waals surface area contributed by atoms with Crippen LogP contribution >= 0.6 is 0 Å². The number of ether oxygens (including phenoxy) is 1. The molecule has 2 heterocycles. The number of aromatic amines is 1. The summed E-state index contributed by atoms with van der Waals surface area (Å²) in [5.74, 6) is 0.975. The number of benzene rings is 2. The Labute approximate surface area is 148 Å². The molecule has 0 amide bonds. The molecule has 5 heteroatoms. The minimum Gasteiger partial charge on any atom is -0.496 e. The number of piperidine rings is 1. The van der Waals surface area contributed by atoms with Gasteiger partial charge in [-0.05, 0) is 43.7 Å². The van der Waals surface area contributed by atoms with Crippen LogP contribution in [-0.4, -0.2) is 41.3 Å². The Morgan fingerprint density at radius 1 is 1.28 bits per heavy atom. The van der Waals surface area contributed by atoms with Crippen LogP contribution in [0.1, 0.15) is 18.4 Å². The van der Waals surface area contributed by atoms with E-state index in [1.807, 2.05) is 18.3 Å². The SMILES string of the molecule is COc1ccccc1CN1CCCC(Nc2ccc3[nH]ncc3c2)C1. The van der Waals surface area contributed by atoms with Crippen molar-refractivity contribution in [1.82, 2.24) is 15.1 Å². The highest BCUT2D eigenvalue weighted by molar-refractivity contribution is 5.81. The van der Waals surface area contributed by atoms with Gasteiger partial charge in [0.2, 0.25) is 0 Å². The van der Waals surface area contributed by atoms with Crippen molar-refractivity contribution >= 4 is 16.6 Å². The number of fused-ring (bicyclic) bond motifs is 1. The first-order chi connectivity index (χ1) is 12.3. The Balaban J connectivity index is 1.42. The number of methoxy groups -OCH3 is 1. The molecule has 0 saturated carbocycles. The highest BCUT2D eigenvalue weighted by atomic mass is 16.5. The Bertz CT molecular complexity index is 844. The number of para-hydroxylation sites is 1. The molecule has 0 spiro atoms. The molecule has 0 radical (unpaired) electrons. The number of hydrogen-bond donors (Lipinski definition) is 2. The quantitative estimate of drug-likeness (QED) is 0.747. The molecule has 25 heavy (non-hydrogen) atoms. The molecule has 1 aliphatic heterocycles. The molecule has 2 N–H and O–H groups in total. The summed E-state index contributed by atoms with van der Waals surface area (Å²) in [5.41, 5.74) is 3.50. The molecule has 0 aliphatic carbocycles. The van der Waals surface area contributed by atoms with Gasteiger partial charge in [0.15, 0.2) is 0 Å². The van der Waals surface area contributed by atoms with Gasteiger partial charge in [0.25, 0.3) is 0 Å². The average molecular weight is 336 g/mol. The number of rotatable bonds is 5. The van der Waals surface area contributed by atoms with E-state index in [2.05, 4.69) is 50.7 Å². The Morgan fingerprint density at radius 3 is 3.12 bits per heavy atom. The van der Waals surface area contributed by atoms with Gasteiger partial charge in [-0.1, -0.05) is 18.2 Å². The third-order valence-corrected chi connectivity index (χ3v) is 4.90. The van der Waals surface area contributed by atoms with E-state index in [1.54, 1.807) is 7.11 Å². The van der Waals surface area contributed by atoms with Crippen LogP contribution in [0.25, 0.3) is 10.9 Å². The first-order valence-electron chi connectivity index (χ1n) is 8.86. The molecule has 2 aromatic carbocycles. The summed E-state index contributed by atoms with van der Waals surface area (Å²) in [4.78, 5) is 2.51. The van der Waals surface area contributed by atoms with Crippen LogP contribution in [0.3, 0.4) is 0 Å². The molecular formula is C20H24N4O. The average Bonchev–Trinajstić information content (AvgIpc) is 3.10. The van der Waals surface area contributed by atoms with E-state index >= 15 is 0 Å². The lowest BCUT2D eigenvalue weighted by molar-refractivity contribution is 0.206. The number of nitrogens with zero attached hydrogens (tertiary/aromatic N) is 2. The van der Waals surface area contributed by atoms with Gasteiger partial charge in [-0.25, -0.2) is 0 Å². The number of aromatic nitrogens is 2. The van der Waals surface area contributed by atoms with Gasteiger partial charge in [0.05, 0.1) is 18.8 Å². The van der Waals surface area contributed by atoms with Gasteiger partial charge < -0.3 is 10.1 Å². The topological polar surface area (TPSA) is 53.2 Å². The van der Waals surface area contributed by atoms with E-state index in [9.17, 15) is 0 Å². The van der Waals surface area contributed by atoms with Crippen LogP contribution in [0.5, 0.6) is 5.75 Å². The first-order valence-corrected chi connectivity index (χ1v) is 8.86. The molecule has 1 aromatic heterocycles. The fourth-order valence-electron chi connectivity index (χ4n) is 3.66. The van der Waals surface area contributed by atoms with E-state index in [-0.39, 0.29) is 0 Å². The van der Waals surface area contributed by atoms with Crippen molar-refractivity contribution in [3.63, 3.8) is 0 Å². The molecule has 4 rings (SSSR count). The van der Waals surface area contributed by atoms with E-state index in [4.69, 9.17) is 4.74 Å². The second kappa shape index (κ2) is 7.15. The summed E-state index contributed by atoms with van der Waals surface area (Å²) < 4.78 is 5.49. The molecule has 3 aromatic rings. The summed E-state index contributed by atoms with van der Waals surface area (Å²) in [6.07, 6.45) is 4.28. The molecule has 0 bridgehead atoms. The van der Waals surface area contributed by atoms with Crippen molar-refractivity contribution in [2.75, 3.05) is 25.5 Å². The first kappa shape index (κ1) is 16.0. The summed E-state index contributed by atoms with van der Waals surface area (Å²) in [6.45, 7) is 3.11. The molecule has 1 atom stereocenters. The van der Waals surface area contributed by atoms with Gasteiger partial charge in [0, 0.05) is 35.8 Å². The van der Waals surface area contributed by atoms with Crippen molar-refractivity contribution < 1.29 is 4.74 Å². The van der Waals surface area contributed by atoms with Crippen molar-refractivity contribution in [3.05, 3.63) is 54.2 Å². The van der Waals surface area contributed by atoms with Gasteiger partial charge in [0.1, 0.15) is 5.75 Å². The van der Waals surface area contributed by atoms with E-state index < -0.39 is 0 Å². The Morgan fingerprint density at radius 2 is 2.20 bits per heavy atom. The summed E-state index contributed by atoms with van der Waals surface area (Å²) in [6, 6.07) is 15.1. The van der Waals surface area contributed by atoms with Crippen LogP contribution in [0.15, 0.2) is 48.7 Å². The third kappa shape index (κ3) is 3.61. The number of hydrogen-bond acceptors (Lipinski definition) is 4. The maximum absolute atomic E-state index is 5.49. The molecule has 1 aliphatic rings. The van der Waals surface area contributed by atoms with Crippen molar-refractivity contribution in [3.8, 4) is 5.75 Å². The number of nitrogens with one attached hydrogen (secondary N) is 2. The second-order valence-electron chi connectivity index (χ2n) is 6.70. The maximum Gasteiger partial charge on any atom is 0.123 e. The maximum atomic E-state index is 5.49. The van der Waals surface area contributed by atoms with Crippen LogP contribution in [0.4, 0.5) is 5.69 Å². The molecule has 1 saturated heterocycles. The number of H-pyrrole nitrogens is 1. The van der Waals surface area contributed by atoms with Crippen LogP contribution < -0.4 is 10.1 Å². The van der Waals surface area contributed by atoms with E-state index in [1.165, 1.54) is 18.4 Å². The second-order valence-corrected chi connectivity index (χ2v) is 6.70. The minimum absolute atomic E-state index is 0.466. The number of anilines is 1. The fourth-order valence-corrected chi connectivity index (χ4v) is 3.66. The molecule has 130 valence electrons. The Kier molecular flexibility index (Phi) is 4.57. The monoisotopic (exact) mass is 336 g/mol. The highest BCUT2D eigenvalue weighted by Crippen LogP contribution is 2.23. The van der Waals surface area contributed by atoms with Gasteiger partial charge in [-0.15, -0.1) is 0 Å². The molecule has 1 fully saturated rings. The predicted octanol–water partition coefficient (Wildman–Crippen LogP) is 3.65. The van der Waals surface area contributed by atoms with E-state index in [0.717, 1.165) is 42.0 Å². The number of likely N-dealkylation sites (tertiary alicyclic amines) is 1. The Hall–Kier alpha value is -2.53.